The number of carbonyl (C=O) groups is 2. The normalized spacial score (nSPS) is 20.5. The highest BCUT2D eigenvalue weighted by atomic mass is 16.3. The van der Waals surface area contributed by atoms with Gasteiger partial charge in [0.05, 0.1) is 0 Å². The van der Waals surface area contributed by atoms with Crippen molar-refractivity contribution >= 4 is 11.9 Å². The van der Waals surface area contributed by atoms with Crippen LogP contribution in [0.4, 0.5) is 4.79 Å². The second-order valence-electron chi connectivity index (χ2n) is 4.91. The van der Waals surface area contributed by atoms with Crippen LogP contribution < -0.4 is 10.6 Å². The van der Waals surface area contributed by atoms with Crippen LogP contribution in [-0.4, -0.2) is 27.3 Å². The molecule has 0 saturated carbocycles. The summed E-state index contributed by atoms with van der Waals surface area (Å²) in [6, 6.07) is 8.69. The Balaban J connectivity index is 2.26. The molecule has 0 aliphatic carbocycles. The van der Waals surface area contributed by atoms with Crippen molar-refractivity contribution in [2.45, 2.75) is 5.54 Å². The van der Waals surface area contributed by atoms with Gasteiger partial charge >= 0.3 is 6.03 Å². The topological polar surface area (TPSA) is 119 Å². The van der Waals surface area contributed by atoms with Gasteiger partial charge in [0.15, 0.2) is 5.54 Å². The Bertz CT molecular complexity index is 772. The summed E-state index contributed by atoms with van der Waals surface area (Å²) >= 11 is 0. The quantitative estimate of drug-likeness (QED) is 0.528. The molecule has 2 aromatic rings. The van der Waals surface area contributed by atoms with Gasteiger partial charge in [-0.1, -0.05) is 12.1 Å². The van der Waals surface area contributed by atoms with Crippen molar-refractivity contribution in [3.8, 4) is 17.2 Å². The van der Waals surface area contributed by atoms with Gasteiger partial charge in [0.25, 0.3) is 5.91 Å². The number of hydrogen-bond donors (Lipinski definition) is 5. The van der Waals surface area contributed by atoms with Crippen LogP contribution in [0.2, 0.25) is 0 Å². The second-order valence-corrected chi connectivity index (χ2v) is 4.91. The molecule has 3 amide bonds. The van der Waals surface area contributed by atoms with Gasteiger partial charge in [-0.3, -0.25) is 10.1 Å². The number of hydrogen-bond acceptors (Lipinski definition) is 5. The summed E-state index contributed by atoms with van der Waals surface area (Å²) in [7, 11) is 0. The number of aromatic hydroxyl groups is 3. The average Bonchev–Trinajstić information content (AvgIpc) is 2.75. The number of benzene rings is 2. The fourth-order valence-electron chi connectivity index (χ4n) is 2.55. The lowest BCUT2D eigenvalue weighted by Crippen LogP contribution is -2.44. The first-order valence-corrected chi connectivity index (χ1v) is 6.39. The highest BCUT2D eigenvalue weighted by Crippen LogP contribution is 2.39. The van der Waals surface area contributed by atoms with E-state index >= 15 is 0 Å². The summed E-state index contributed by atoms with van der Waals surface area (Å²) in [6.45, 7) is 0. The van der Waals surface area contributed by atoms with Crippen molar-refractivity contribution in [1.29, 1.82) is 0 Å². The van der Waals surface area contributed by atoms with E-state index in [1.54, 1.807) is 0 Å². The Hall–Kier alpha value is -3.22. The maximum absolute atomic E-state index is 12.4. The third kappa shape index (κ3) is 1.91. The Morgan fingerprint density at radius 2 is 1.50 bits per heavy atom. The van der Waals surface area contributed by atoms with Gasteiger partial charge in [0.1, 0.15) is 17.2 Å². The minimum absolute atomic E-state index is 0.00133. The number of phenolic OH excluding ortho intramolecular Hbond substituents is 3. The van der Waals surface area contributed by atoms with Crippen LogP contribution >= 0.6 is 0 Å². The number of phenols is 3. The summed E-state index contributed by atoms with van der Waals surface area (Å²) < 4.78 is 0. The van der Waals surface area contributed by atoms with E-state index in [0.29, 0.717) is 5.56 Å². The molecule has 2 aromatic carbocycles. The summed E-state index contributed by atoms with van der Waals surface area (Å²) in [5.74, 6) is -1.18. The fourth-order valence-corrected chi connectivity index (χ4v) is 2.55. The fraction of sp³-hybridized carbons (Fsp3) is 0.0667. The molecule has 1 fully saturated rings. The molecule has 0 aromatic heterocycles. The Kier molecular flexibility index (Phi) is 2.91. The molecule has 1 unspecified atom stereocenters. The Morgan fingerprint density at radius 3 is 2.05 bits per heavy atom. The molecule has 7 nitrogen and oxygen atoms in total. The largest absolute Gasteiger partial charge is 0.508 e. The third-order valence-corrected chi connectivity index (χ3v) is 3.55. The van der Waals surface area contributed by atoms with Crippen LogP contribution in [0.1, 0.15) is 11.1 Å². The number of carbonyl (C=O) groups excluding carboxylic acids is 2. The van der Waals surface area contributed by atoms with Gasteiger partial charge < -0.3 is 20.6 Å². The van der Waals surface area contributed by atoms with E-state index in [1.807, 2.05) is 0 Å². The number of urea groups is 1. The lowest BCUT2D eigenvalue weighted by molar-refractivity contribution is -0.122. The zero-order valence-electron chi connectivity index (χ0n) is 11.2. The van der Waals surface area contributed by atoms with E-state index in [-0.39, 0.29) is 22.8 Å². The van der Waals surface area contributed by atoms with Crippen LogP contribution in [0.3, 0.4) is 0 Å². The first-order valence-electron chi connectivity index (χ1n) is 6.39. The zero-order valence-corrected chi connectivity index (χ0v) is 11.2. The molecule has 5 N–H and O–H groups in total. The van der Waals surface area contributed by atoms with Gasteiger partial charge in [-0.2, -0.15) is 0 Å². The summed E-state index contributed by atoms with van der Waals surface area (Å²) in [4.78, 5) is 24.0. The van der Waals surface area contributed by atoms with Crippen LogP contribution in [0.15, 0.2) is 42.5 Å². The number of nitrogens with one attached hydrogen (secondary N) is 2. The maximum Gasteiger partial charge on any atom is 0.322 e. The smallest absolute Gasteiger partial charge is 0.322 e. The van der Waals surface area contributed by atoms with Gasteiger partial charge in [-0.25, -0.2) is 4.79 Å². The van der Waals surface area contributed by atoms with E-state index in [4.69, 9.17) is 0 Å². The predicted molar refractivity (Wildman–Crippen MR) is 75.3 cm³/mol. The van der Waals surface area contributed by atoms with Crippen molar-refractivity contribution in [1.82, 2.24) is 10.6 Å². The summed E-state index contributed by atoms with van der Waals surface area (Å²) in [6.07, 6.45) is 0. The van der Waals surface area contributed by atoms with E-state index in [1.165, 1.54) is 36.4 Å². The molecule has 1 saturated heterocycles. The molecule has 1 aliphatic rings. The molecule has 1 atom stereocenters. The van der Waals surface area contributed by atoms with E-state index in [9.17, 15) is 24.9 Å². The number of amides is 3. The van der Waals surface area contributed by atoms with Gasteiger partial charge in [-0.05, 0) is 29.8 Å². The van der Waals surface area contributed by atoms with E-state index < -0.39 is 17.5 Å². The minimum atomic E-state index is -1.64. The molecule has 0 spiro atoms. The Morgan fingerprint density at radius 1 is 0.864 bits per heavy atom. The molecular formula is C15H12N2O5. The molecule has 3 rings (SSSR count). The van der Waals surface area contributed by atoms with Crippen LogP contribution in [0.25, 0.3) is 0 Å². The number of imide groups is 1. The Labute approximate surface area is 124 Å². The van der Waals surface area contributed by atoms with Crippen LogP contribution in [-0.2, 0) is 10.3 Å². The van der Waals surface area contributed by atoms with Crippen molar-refractivity contribution < 1.29 is 24.9 Å². The van der Waals surface area contributed by atoms with Crippen molar-refractivity contribution in [2.75, 3.05) is 0 Å². The zero-order chi connectivity index (χ0) is 15.9. The first-order chi connectivity index (χ1) is 10.4. The monoisotopic (exact) mass is 300 g/mol. The number of rotatable bonds is 2. The summed E-state index contributed by atoms with van der Waals surface area (Å²) in [5, 5.41) is 33.5. The van der Waals surface area contributed by atoms with Gasteiger partial charge in [0, 0.05) is 11.6 Å². The van der Waals surface area contributed by atoms with Gasteiger partial charge in [-0.15, -0.1) is 0 Å². The molecule has 0 bridgehead atoms. The lowest BCUT2D eigenvalue weighted by Gasteiger charge is -2.27. The SMILES string of the molecule is O=C1NC(=O)C(c2ccc(O)cc2)(c2ccc(O)cc2O)N1. The molecule has 1 aliphatic heterocycles. The molecule has 1 heterocycles. The molecule has 7 heteroatoms. The summed E-state index contributed by atoms with van der Waals surface area (Å²) in [5.41, 5.74) is -1.17. The average molecular weight is 300 g/mol. The second kappa shape index (κ2) is 4.66. The van der Waals surface area contributed by atoms with Crippen molar-refractivity contribution in [3.05, 3.63) is 53.6 Å². The van der Waals surface area contributed by atoms with Crippen LogP contribution in [0, 0.1) is 0 Å². The molecular weight excluding hydrogens is 288 g/mol. The molecule has 22 heavy (non-hydrogen) atoms. The van der Waals surface area contributed by atoms with Crippen molar-refractivity contribution in [3.63, 3.8) is 0 Å². The predicted octanol–water partition coefficient (Wildman–Crippen LogP) is 0.886. The lowest BCUT2D eigenvalue weighted by atomic mass is 9.82. The molecule has 0 radical (unpaired) electrons. The first kappa shape index (κ1) is 13.7. The van der Waals surface area contributed by atoms with Crippen LogP contribution in [0.5, 0.6) is 17.2 Å². The van der Waals surface area contributed by atoms with E-state index in [2.05, 4.69) is 10.6 Å². The highest BCUT2D eigenvalue weighted by Gasteiger charge is 2.50. The van der Waals surface area contributed by atoms with Gasteiger partial charge in [0.2, 0.25) is 0 Å². The molecule has 112 valence electrons. The van der Waals surface area contributed by atoms with Crippen molar-refractivity contribution in [2.24, 2.45) is 0 Å². The highest BCUT2D eigenvalue weighted by molar-refractivity contribution is 6.09. The third-order valence-electron chi connectivity index (χ3n) is 3.55. The van der Waals surface area contributed by atoms with E-state index in [0.717, 1.165) is 6.07 Å². The maximum atomic E-state index is 12.4. The minimum Gasteiger partial charge on any atom is -0.508 e. The standard InChI is InChI=1S/C15H12N2O5/c18-9-3-1-8(2-4-9)15(13(21)16-14(22)17-15)11-6-5-10(19)7-12(11)20/h1-7,18-20H,(H2,16,17,21,22).